The van der Waals surface area contributed by atoms with Crippen LogP contribution >= 0.6 is 23.5 Å². The van der Waals surface area contributed by atoms with Crippen molar-refractivity contribution in [2.45, 2.75) is 23.5 Å². The van der Waals surface area contributed by atoms with Gasteiger partial charge < -0.3 is 14.5 Å². The number of benzene rings is 1. The molecule has 2 amide bonds. The van der Waals surface area contributed by atoms with E-state index in [0.29, 0.717) is 24.1 Å². The molecule has 0 bridgehead atoms. The van der Waals surface area contributed by atoms with Gasteiger partial charge in [0.05, 0.1) is 5.69 Å². The highest BCUT2D eigenvalue weighted by Crippen LogP contribution is 2.37. The Kier molecular flexibility index (Phi) is 5.90. The molecule has 1 aromatic rings. The van der Waals surface area contributed by atoms with E-state index in [-0.39, 0.29) is 24.3 Å². The zero-order valence-electron chi connectivity index (χ0n) is 14.0. The van der Waals surface area contributed by atoms with Gasteiger partial charge in [-0.25, -0.2) is 0 Å². The van der Waals surface area contributed by atoms with E-state index in [1.807, 2.05) is 24.3 Å². The van der Waals surface area contributed by atoms with Crippen LogP contribution < -0.4 is 4.90 Å². The van der Waals surface area contributed by atoms with Crippen LogP contribution in [0.3, 0.4) is 0 Å². The van der Waals surface area contributed by atoms with Crippen LogP contribution in [-0.2, 0) is 14.3 Å². The van der Waals surface area contributed by atoms with Gasteiger partial charge in [-0.15, -0.1) is 11.8 Å². The summed E-state index contributed by atoms with van der Waals surface area (Å²) in [6.07, 6.45) is 0.874. The molecule has 1 aromatic carbocycles. The van der Waals surface area contributed by atoms with Crippen molar-refractivity contribution in [1.29, 1.82) is 0 Å². The fourth-order valence-electron chi connectivity index (χ4n) is 2.74. The molecule has 6 nitrogen and oxygen atoms in total. The number of carbonyl (C=O) groups excluding carboxylic acids is 3. The molecular weight excluding hydrogens is 360 g/mol. The predicted octanol–water partition coefficient (Wildman–Crippen LogP) is 2.62. The normalized spacial score (nSPS) is 20.2. The monoisotopic (exact) mass is 380 g/mol. The zero-order chi connectivity index (χ0) is 17.8. The van der Waals surface area contributed by atoms with Crippen molar-refractivity contribution in [3.8, 4) is 0 Å². The van der Waals surface area contributed by atoms with Gasteiger partial charge in [0.2, 0.25) is 0 Å². The number of para-hydroxylation sites is 1. The van der Waals surface area contributed by atoms with Crippen molar-refractivity contribution < 1.29 is 19.1 Å². The molecule has 3 rings (SSSR count). The number of ether oxygens (including phenoxy) is 1. The second kappa shape index (κ2) is 8.14. The molecule has 1 fully saturated rings. The molecule has 2 heterocycles. The summed E-state index contributed by atoms with van der Waals surface area (Å²) in [5, 5.41) is 0.302. The summed E-state index contributed by atoms with van der Waals surface area (Å²) in [6, 6.07) is 7.78. The lowest BCUT2D eigenvalue weighted by Gasteiger charge is -2.22. The Morgan fingerprint density at radius 2 is 2.08 bits per heavy atom. The number of hydrogen-bond donors (Lipinski definition) is 0. The zero-order valence-corrected chi connectivity index (χ0v) is 15.6. The van der Waals surface area contributed by atoms with Crippen molar-refractivity contribution in [1.82, 2.24) is 4.90 Å². The molecule has 0 aliphatic carbocycles. The maximum absolute atomic E-state index is 12.6. The lowest BCUT2D eigenvalue weighted by molar-refractivity contribution is -0.148. The van der Waals surface area contributed by atoms with E-state index in [0.717, 1.165) is 17.0 Å². The van der Waals surface area contributed by atoms with E-state index in [1.54, 1.807) is 16.7 Å². The second-order valence-electron chi connectivity index (χ2n) is 5.93. The third kappa shape index (κ3) is 4.49. The average molecular weight is 380 g/mol. The number of nitrogens with zero attached hydrogens (tertiary/aromatic N) is 2. The van der Waals surface area contributed by atoms with Gasteiger partial charge in [0.15, 0.2) is 6.61 Å². The van der Waals surface area contributed by atoms with E-state index in [2.05, 4.69) is 6.92 Å². The van der Waals surface area contributed by atoms with Crippen LogP contribution in [0.2, 0.25) is 0 Å². The third-order valence-corrected chi connectivity index (χ3v) is 6.20. The highest BCUT2D eigenvalue weighted by Gasteiger charge is 2.27. The number of carbonyl (C=O) groups is 3. The van der Waals surface area contributed by atoms with E-state index in [1.165, 1.54) is 16.7 Å². The maximum Gasteiger partial charge on any atom is 0.326 e. The molecule has 2 aliphatic rings. The Labute approximate surface area is 155 Å². The lowest BCUT2D eigenvalue weighted by Crippen LogP contribution is -2.37. The quantitative estimate of drug-likeness (QED) is 0.748. The summed E-state index contributed by atoms with van der Waals surface area (Å²) in [4.78, 5) is 40.2. The molecule has 134 valence electrons. The topological polar surface area (TPSA) is 66.9 Å². The third-order valence-electron chi connectivity index (χ3n) is 4.07. The summed E-state index contributed by atoms with van der Waals surface area (Å²) in [6.45, 7) is 2.88. The Balaban J connectivity index is 1.59. The summed E-state index contributed by atoms with van der Waals surface area (Å²) in [5.74, 6) is -0.0986. The minimum absolute atomic E-state index is 0.0947. The van der Waals surface area contributed by atoms with Gasteiger partial charge in [0, 0.05) is 29.0 Å². The smallest absolute Gasteiger partial charge is 0.326 e. The molecule has 8 heteroatoms. The van der Waals surface area contributed by atoms with Crippen LogP contribution in [-0.4, -0.2) is 59.3 Å². The molecule has 2 aliphatic heterocycles. The van der Waals surface area contributed by atoms with Crippen LogP contribution in [0.4, 0.5) is 10.5 Å². The standard InChI is InChI=1S/C17H20N2O4S2/c1-12-6-7-19(13-4-2-3-5-14(13)25-12)15(20)11-23-16(21)10-18-8-9-24-17(18)22/h2-5,12H,6-11H2,1H3/t12-/m0/s1. The van der Waals surface area contributed by atoms with Crippen LogP contribution in [0.1, 0.15) is 13.3 Å². The minimum Gasteiger partial charge on any atom is -0.454 e. The number of hydrogen-bond acceptors (Lipinski definition) is 6. The van der Waals surface area contributed by atoms with E-state index < -0.39 is 5.97 Å². The highest BCUT2D eigenvalue weighted by atomic mass is 32.2. The minimum atomic E-state index is -0.546. The summed E-state index contributed by atoms with van der Waals surface area (Å²) in [7, 11) is 0. The van der Waals surface area contributed by atoms with E-state index >= 15 is 0 Å². The Morgan fingerprint density at radius 3 is 2.84 bits per heavy atom. The Bertz CT molecular complexity index is 682. The largest absolute Gasteiger partial charge is 0.454 e. The lowest BCUT2D eigenvalue weighted by atomic mass is 10.2. The number of amides is 2. The van der Waals surface area contributed by atoms with E-state index in [9.17, 15) is 14.4 Å². The molecule has 1 atom stereocenters. The van der Waals surface area contributed by atoms with Crippen molar-refractivity contribution in [3.63, 3.8) is 0 Å². The van der Waals surface area contributed by atoms with Gasteiger partial charge in [0.25, 0.3) is 11.1 Å². The molecule has 0 saturated carbocycles. The first-order chi connectivity index (χ1) is 12.0. The predicted molar refractivity (Wildman–Crippen MR) is 99.1 cm³/mol. The van der Waals surface area contributed by atoms with Gasteiger partial charge in [-0.05, 0) is 18.6 Å². The van der Waals surface area contributed by atoms with Crippen LogP contribution in [0.5, 0.6) is 0 Å². The van der Waals surface area contributed by atoms with Crippen molar-refractivity contribution in [3.05, 3.63) is 24.3 Å². The molecule has 0 N–H and O–H groups in total. The van der Waals surface area contributed by atoms with Gasteiger partial charge in [-0.1, -0.05) is 30.8 Å². The molecule has 0 spiro atoms. The number of esters is 1. The molecule has 25 heavy (non-hydrogen) atoms. The Morgan fingerprint density at radius 1 is 1.28 bits per heavy atom. The number of thioether (sulfide) groups is 2. The van der Waals surface area contributed by atoms with Gasteiger partial charge in [-0.2, -0.15) is 0 Å². The van der Waals surface area contributed by atoms with Crippen molar-refractivity contribution >= 4 is 46.3 Å². The summed E-state index contributed by atoms with van der Waals surface area (Å²) in [5.41, 5.74) is 0.865. The fraction of sp³-hybridized carbons (Fsp3) is 0.471. The fourth-order valence-corrected chi connectivity index (χ4v) is 4.67. The van der Waals surface area contributed by atoms with Crippen LogP contribution in [0.15, 0.2) is 29.2 Å². The van der Waals surface area contributed by atoms with Gasteiger partial charge in [-0.3, -0.25) is 14.4 Å². The molecule has 0 radical (unpaired) electrons. The highest BCUT2D eigenvalue weighted by molar-refractivity contribution is 8.13. The molecule has 1 saturated heterocycles. The first-order valence-corrected chi connectivity index (χ1v) is 10.0. The first-order valence-electron chi connectivity index (χ1n) is 8.18. The SMILES string of the molecule is C[C@H]1CCN(C(=O)COC(=O)CN2CCSC2=O)c2ccccc2S1. The summed E-state index contributed by atoms with van der Waals surface area (Å²) < 4.78 is 5.11. The van der Waals surface area contributed by atoms with Crippen LogP contribution in [0.25, 0.3) is 0 Å². The van der Waals surface area contributed by atoms with E-state index in [4.69, 9.17) is 4.74 Å². The van der Waals surface area contributed by atoms with Crippen molar-refractivity contribution in [2.75, 3.05) is 36.9 Å². The Hall–Kier alpha value is -1.67. The van der Waals surface area contributed by atoms with Crippen LogP contribution in [0, 0.1) is 0 Å². The summed E-state index contributed by atoms with van der Waals surface area (Å²) >= 11 is 2.94. The van der Waals surface area contributed by atoms with Crippen molar-refractivity contribution in [2.24, 2.45) is 0 Å². The molecular formula is C17H20N2O4S2. The van der Waals surface area contributed by atoms with Gasteiger partial charge in [0.1, 0.15) is 6.54 Å². The second-order valence-corrected chi connectivity index (χ2v) is 8.45. The first kappa shape index (κ1) is 18.1. The maximum atomic E-state index is 12.6. The average Bonchev–Trinajstić information content (AvgIpc) is 2.90. The number of anilines is 1. The number of fused-ring (bicyclic) bond motifs is 1. The van der Waals surface area contributed by atoms with Gasteiger partial charge >= 0.3 is 5.97 Å². The molecule has 0 aromatic heterocycles. The number of rotatable bonds is 4. The molecule has 0 unspecified atom stereocenters.